The fraction of sp³-hybridized carbons (Fsp3) is 0.286. The summed E-state index contributed by atoms with van der Waals surface area (Å²) in [4.78, 5) is 0. The standard InChI is InChI=1S/C14H15BrFNO/c1-3-17-14(13-7-4-9(2)18-13)10-5-6-11(15)12(16)8-10/h4-8,14,17H,3H2,1-2H3. The van der Waals surface area contributed by atoms with Crippen molar-refractivity contribution < 1.29 is 8.81 Å². The lowest BCUT2D eigenvalue weighted by Gasteiger charge is -2.16. The fourth-order valence-corrected chi connectivity index (χ4v) is 2.13. The number of hydrogen-bond acceptors (Lipinski definition) is 2. The van der Waals surface area contributed by atoms with E-state index in [4.69, 9.17) is 4.42 Å². The molecule has 96 valence electrons. The molecular formula is C14H15BrFNO. The Morgan fingerprint density at radius 3 is 2.67 bits per heavy atom. The number of halogens is 2. The van der Waals surface area contributed by atoms with Gasteiger partial charge in [0.05, 0.1) is 10.5 Å². The van der Waals surface area contributed by atoms with Crippen LogP contribution in [0.5, 0.6) is 0 Å². The molecule has 0 spiro atoms. The predicted molar refractivity (Wildman–Crippen MR) is 73.1 cm³/mol. The third-order valence-electron chi connectivity index (χ3n) is 2.73. The summed E-state index contributed by atoms with van der Waals surface area (Å²) in [5.41, 5.74) is 0.854. The van der Waals surface area contributed by atoms with Gasteiger partial charge in [-0.25, -0.2) is 4.39 Å². The van der Waals surface area contributed by atoms with E-state index in [0.29, 0.717) is 4.47 Å². The molecule has 0 radical (unpaired) electrons. The summed E-state index contributed by atoms with van der Waals surface area (Å²) in [6.07, 6.45) is 0. The molecule has 18 heavy (non-hydrogen) atoms. The summed E-state index contributed by atoms with van der Waals surface area (Å²) in [5, 5.41) is 3.30. The van der Waals surface area contributed by atoms with Gasteiger partial charge >= 0.3 is 0 Å². The first-order valence-corrected chi connectivity index (χ1v) is 6.65. The van der Waals surface area contributed by atoms with E-state index in [1.54, 1.807) is 6.07 Å². The van der Waals surface area contributed by atoms with Gasteiger partial charge in [-0.15, -0.1) is 0 Å². The van der Waals surface area contributed by atoms with Crippen LogP contribution in [0.4, 0.5) is 4.39 Å². The van der Waals surface area contributed by atoms with Crippen LogP contribution < -0.4 is 5.32 Å². The van der Waals surface area contributed by atoms with Gasteiger partial charge in [0.2, 0.25) is 0 Å². The summed E-state index contributed by atoms with van der Waals surface area (Å²) in [6.45, 7) is 4.69. The minimum atomic E-state index is -0.265. The molecule has 4 heteroatoms. The van der Waals surface area contributed by atoms with Gasteiger partial charge in [-0.3, -0.25) is 0 Å². The van der Waals surface area contributed by atoms with E-state index in [9.17, 15) is 4.39 Å². The number of hydrogen-bond donors (Lipinski definition) is 1. The first-order chi connectivity index (χ1) is 8.61. The van der Waals surface area contributed by atoms with E-state index in [-0.39, 0.29) is 11.9 Å². The average molecular weight is 312 g/mol. The Balaban J connectivity index is 2.37. The minimum Gasteiger partial charge on any atom is -0.464 e. The van der Waals surface area contributed by atoms with Crippen LogP contribution in [0.2, 0.25) is 0 Å². The summed E-state index contributed by atoms with van der Waals surface area (Å²) >= 11 is 3.16. The molecule has 1 aromatic heterocycles. The molecule has 2 nitrogen and oxygen atoms in total. The lowest BCUT2D eigenvalue weighted by atomic mass is 10.0. The van der Waals surface area contributed by atoms with Gasteiger partial charge in [-0.2, -0.15) is 0 Å². The molecule has 1 atom stereocenters. The normalized spacial score (nSPS) is 12.7. The molecule has 0 aliphatic heterocycles. The quantitative estimate of drug-likeness (QED) is 0.916. The van der Waals surface area contributed by atoms with Crippen LogP contribution in [-0.2, 0) is 0 Å². The van der Waals surface area contributed by atoms with Crippen LogP contribution in [0.25, 0.3) is 0 Å². The maximum absolute atomic E-state index is 13.6. The topological polar surface area (TPSA) is 25.2 Å². The number of aryl methyl sites for hydroxylation is 1. The molecule has 2 rings (SSSR count). The number of rotatable bonds is 4. The Kier molecular flexibility index (Phi) is 4.19. The number of benzene rings is 1. The van der Waals surface area contributed by atoms with Crippen LogP contribution in [0.3, 0.4) is 0 Å². The Hall–Kier alpha value is -1.13. The third kappa shape index (κ3) is 2.82. The van der Waals surface area contributed by atoms with E-state index < -0.39 is 0 Å². The van der Waals surface area contributed by atoms with Crippen LogP contribution in [0.15, 0.2) is 39.2 Å². The highest BCUT2D eigenvalue weighted by Crippen LogP contribution is 2.26. The van der Waals surface area contributed by atoms with Crippen molar-refractivity contribution in [1.82, 2.24) is 5.32 Å². The Labute approximate surface area is 114 Å². The van der Waals surface area contributed by atoms with Crippen molar-refractivity contribution in [2.24, 2.45) is 0 Å². The summed E-state index contributed by atoms with van der Waals surface area (Å²) in [6, 6.07) is 8.84. The zero-order chi connectivity index (χ0) is 13.1. The predicted octanol–water partition coefficient (Wildman–Crippen LogP) is 4.19. The van der Waals surface area contributed by atoms with Crippen molar-refractivity contribution in [1.29, 1.82) is 0 Å². The number of furan rings is 1. The Morgan fingerprint density at radius 2 is 2.11 bits per heavy atom. The second-order valence-electron chi connectivity index (χ2n) is 4.11. The highest BCUT2D eigenvalue weighted by molar-refractivity contribution is 9.10. The highest BCUT2D eigenvalue weighted by atomic mass is 79.9. The molecule has 0 aliphatic carbocycles. The first-order valence-electron chi connectivity index (χ1n) is 5.86. The molecule has 0 saturated carbocycles. The van der Waals surface area contributed by atoms with Crippen LogP contribution in [-0.4, -0.2) is 6.54 Å². The zero-order valence-electron chi connectivity index (χ0n) is 10.3. The summed E-state index contributed by atoms with van der Waals surface area (Å²) < 4.78 is 19.7. The van der Waals surface area contributed by atoms with Crippen LogP contribution in [0.1, 0.15) is 30.0 Å². The SMILES string of the molecule is CCNC(c1ccc(Br)c(F)c1)c1ccc(C)o1. The van der Waals surface area contributed by atoms with Gasteiger partial charge in [-0.05, 0) is 59.2 Å². The van der Waals surface area contributed by atoms with Crippen molar-refractivity contribution in [3.05, 3.63) is 57.7 Å². The van der Waals surface area contributed by atoms with Crippen molar-refractivity contribution >= 4 is 15.9 Å². The lowest BCUT2D eigenvalue weighted by Crippen LogP contribution is -2.21. The summed E-state index contributed by atoms with van der Waals surface area (Å²) in [5.74, 6) is 1.39. The second kappa shape index (κ2) is 5.67. The molecule has 0 amide bonds. The van der Waals surface area contributed by atoms with Gasteiger partial charge < -0.3 is 9.73 Å². The first kappa shape index (κ1) is 13.3. The molecule has 1 aromatic carbocycles. The molecule has 1 N–H and O–H groups in total. The maximum Gasteiger partial charge on any atom is 0.137 e. The molecule has 0 bridgehead atoms. The molecule has 0 saturated heterocycles. The van der Waals surface area contributed by atoms with Gasteiger partial charge in [0.1, 0.15) is 17.3 Å². The Morgan fingerprint density at radius 1 is 1.33 bits per heavy atom. The van der Waals surface area contributed by atoms with Crippen molar-refractivity contribution in [2.75, 3.05) is 6.54 Å². The smallest absolute Gasteiger partial charge is 0.137 e. The van der Waals surface area contributed by atoms with Crippen molar-refractivity contribution in [2.45, 2.75) is 19.9 Å². The third-order valence-corrected chi connectivity index (χ3v) is 3.37. The largest absolute Gasteiger partial charge is 0.464 e. The molecule has 0 fully saturated rings. The van der Waals surface area contributed by atoms with E-state index in [0.717, 1.165) is 23.6 Å². The molecular weight excluding hydrogens is 297 g/mol. The zero-order valence-corrected chi connectivity index (χ0v) is 11.9. The second-order valence-corrected chi connectivity index (χ2v) is 4.97. The molecule has 1 heterocycles. The van der Waals surface area contributed by atoms with Crippen molar-refractivity contribution in [3.63, 3.8) is 0 Å². The van der Waals surface area contributed by atoms with Crippen LogP contribution >= 0.6 is 15.9 Å². The maximum atomic E-state index is 13.6. The van der Waals surface area contributed by atoms with E-state index >= 15 is 0 Å². The monoisotopic (exact) mass is 311 g/mol. The van der Waals surface area contributed by atoms with Gasteiger partial charge in [0, 0.05) is 0 Å². The van der Waals surface area contributed by atoms with E-state index in [2.05, 4.69) is 21.2 Å². The average Bonchev–Trinajstić information content (AvgIpc) is 2.76. The van der Waals surface area contributed by atoms with Crippen molar-refractivity contribution in [3.8, 4) is 0 Å². The van der Waals surface area contributed by atoms with Gasteiger partial charge in [0.15, 0.2) is 0 Å². The number of nitrogens with one attached hydrogen (secondary N) is 1. The van der Waals surface area contributed by atoms with Crippen LogP contribution in [0, 0.1) is 12.7 Å². The summed E-state index contributed by atoms with van der Waals surface area (Å²) in [7, 11) is 0. The lowest BCUT2D eigenvalue weighted by molar-refractivity contribution is 0.434. The highest BCUT2D eigenvalue weighted by Gasteiger charge is 2.17. The molecule has 0 aliphatic rings. The minimum absolute atomic E-state index is 0.119. The van der Waals surface area contributed by atoms with E-state index in [1.165, 1.54) is 6.07 Å². The molecule has 2 aromatic rings. The molecule has 1 unspecified atom stereocenters. The Bertz CT molecular complexity index is 538. The fourth-order valence-electron chi connectivity index (χ4n) is 1.89. The van der Waals surface area contributed by atoms with E-state index in [1.807, 2.05) is 32.0 Å². The van der Waals surface area contributed by atoms with Gasteiger partial charge in [0.25, 0.3) is 0 Å². The van der Waals surface area contributed by atoms with Gasteiger partial charge in [-0.1, -0.05) is 13.0 Å².